The predicted molar refractivity (Wildman–Crippen MR) is 123 cm³/mol. The van der Waals surface area contributed by atoms with Crippen LogP contribution in [0.3, 0.4) is 0 Å². The second-order valence-electron chi connectivity index (χ2n) is 6.41. The quantitative estimate of drug-likeness (QED) is 0.253. The van der Waals surface area contributed by atoms with Crippen LogP contribution in [0.5, 0.6) is 5.75 Å². The van der Waals surface area contributed by atoms with E-state index < -0.39 is 4.92 Å². The van der Waals surface area contributed by atoms with Crippen LogP contribution in [-0.2, 0) is 13.2 Å². The molecule has 3 aromatic carbocycles. The number of non-ortho nitro benzene ring substituents is 1. The summed E-state index contributed by atoms with van der Waals surface area (Å²) in [6.07, 6.45) is 0. The second kappa shape index (κ2) is 9.61. The lowest BCUT2D eigenvalue weighted by Gasteiger charge is -2.16. The van der Waals surface area contributed by atoms with Crippen LogP contribution in [0.25, 0.3) is 0 Å². The summed E-state index contributed by atoms with van der Waals surface area (Å²) < 4.78 is 7.77. The zero-order chi connectivity index (χ0) is 21.0. The van der Waals surface area contributed by atoms with Crippen LogP contribution < -0.4 is 10.1 Å². The second-order valence-corrected chi connectivity index (χ2v) is 8.58. The van der Waals surface area contributed by atoms with Gasteiger partial charge in [-0.3, -0.25) is 10.1 Å². The Morgan fingerprint density at radius 2 is 1.83 bits per heavy atom. The summed E-state index contributed by atoms with van der Waals surface area (Å²) in [5.74, 6) is 0.706. The number of nitrogens with zero attached hydrogens (tertiary/aromatic N) is 1. The van der Waals surface area contributed by atoms with E-state index in [1.807, 2.05) is 37.3 Å². The van der Waals surface area contributed by atoms with Crippen LogP contribution in [0, 0.1) is 17.0 Å². The number of nitro benzene ring substituents is 1. The van der Waals surface area contributed by atoms with Gasteiger partial charge in [-0.25, -0.2) is 0 Å². The standard InChI is InChI=1S/C21H17Br2ClN2O3/c1-13-2-5-17(10-20(13)24)25-11-15-8-16(22)9-19(23)21(15)29-12-14-3-6-18(7-4-14)26(27)28/h2-10,25H,11-12H2,1H3. The van der Waals surface area contributed by atoms with E-state index in [-0.39, 0.29) is 5.69 Å². The summed E-state index contributed by atoms with van der Waals surface area (Å²) >= 11 is 13.3. The van der Waals surface area contributed by atoms with E-state index in [1.54, 1.807) is 12.1 Å². The predicted octanol–water partition coefficient (Wildman–Crippen LogP) is 7.27. The molecule has 0 aliphatic rings. The molecular formula is C21H17Br2ClN2O3. The van der Waals surface area contributed by atoms with Crippen molar-refractivity contribution in [1.29, 1.82) is 0 Å². The van der Waals surface area contributed by atoms with Crippen molar-refractivity contribution in [1.82, 2.24) is 0 Å². The number of hydrogen-bond acceptors (Lipinski definition) is 4. The van der Waals surface area contributed by atoms with Gasteiger partial charge < -0.3 is 10.1 Å². The Hall–Kier alpha value is -2.09. The number of aryl methyl sites for hydroxylation is 1. The molecule has 0 aliphatic carbocycles. The van der Waals surface area contributed by atoms with E-state index in [0.717, 1.165) is 31.3 Å². The lowest BCUT2D eigenvalue weighted by atomic mass is 10.1. The maximum absolute atomic E-state index is 10.8. The number of hydrogen-bond donors (Lipinski definition) is 1. The lowest BCUT2D eigenvalue weighted by Crippen LogP contribution is -2.05. The third kappa shape index (κ3) is 5.72. The summed E-state index contributed by atoms with van der Waals surface area (Å²) in [4.78, 5) is 10.4. The van der Waals surface area contributed by atoms with Gasteiger partial charge in [0, 0.05) is 39.4 Å². The first kappa shape index (κ1) is 21.6. The van der Waals surface area contributed by atoms with Crippen molar-refractivity contribution in [2.75, 3.05) is 5.32 Å². The Labute approximate surface area is 190 Å². The minimum absolute atomic E-state index is 0.0558. The van der Waals surface area contributed by atoms with Crippen LogP contribution >= 0.6 is 43.5 Å². The third-order valence-electron chi connectivity index (χ3n) is 4.27. The van der Waals surface area contributed by atoms with E-state index in [1.165, 1.54) is 12.1 Å². The Balaban J connectivity index is 1.75. The maximum atomic E-state index is 10.8. The monoisotopic (exact) mass is 538 g/mol. The summed E-state index contributed by atoms with van der Waals surface area (Å²) in [5, 5.41) is 14.9. The van der Waals surface area contributed by atoms with Gasteiger partial charge in [-0.1, -0.05) is 33.6 Å². The van der Waals surface area contributed by atoms with Gasteiger partial charge in [0.1, 0.15) is 12.4 Å². The van der Waals surface area contributed by atoms with Crippen LogP contribution in [0.4, 0.5) is 11.4 Å². The molecule has 0 saturated carbocycles. The number of halogens is 3. The van der Waals surface area contributed by atoms with Gasteiger partial charge in [-0.15, -0.1) is 0 Å². The number of nitro groups is 1. The Morgan fingerprint density at radius 1 is 1.10 bits per heavy atom. The molecule has 0 bridgehead atoms. The number of benzene rings is 3. The molecule has 0 heterocycles. The van der Waals surface area contributed by atoms with Crippen LogP contribution in [0.15, 0.2) is 63.5 Å². The van der Waals surface area contributed by atoms with Crippen molar-refractivity contribution >= 4 is 54.8 Å². The molecular weight excluding hydrogens is 524 g/mol. The average molecular weight is 541 g/mol. The van der Waals surface area contributed by atoms with E-state index in [9.17, 15) is 10.1 Å². The van der Waals surface area contributed by atoms with Crippen molar-refractivity contribution in [3.8, 4) is 5.75 Å². The first-order valence-electron chi connectivity index (χ1n) is 8.67. The zero-order valence-electron chi connectivity index (χ0n) is 15.4. The molecule has 0 saturated heterocycles. The van der Waals surface area contributed by atoms with Gasteiger partial charge in [0.15, 0.2) is 0 Å². The molecule has 0 radical (unpaired) electrons. The molecule has 0 atom stereocenters. The van der Waals surface area contributed by atoms with E-state index in [2.05, 4.69) is 37.2 Å². The topological polar surface area (TPSA) is 64.4 Å². The van der Waals surface area contributed by atoms with Crippen LogP contribution in [0.2, 0.25) is 5.02 Å². The van der Waals surface area contributed by atoms with Crippen molar-refractivity contribution in [2.24, 2.45) is 0 Å². The maximum Gasteiger partial charge on any atom is 0.269 e. The Kier molecular flexibility index (Phi) is 7.16. The molecule has 8 heteroatoms. The first-order chi connectivity index (χ1) is 13.8. The molecule has 3 aromatic rings. The van der Waals surface area contributed by atoms with E-state index in [0.29, 0.717) is 23.9 Å². The van der Waals surface area contributed by atoms with E-state index in [4.69, 9.17) is 16.3 Å². The molecule has 29 heavy (non-hydrogen) atoms. The molecule has 1 N–H and O–H groups in total. The molecule has 5 nitrogen and oxygen atoms in total. The molecule has 150 valence electrons. The van der Waals surface area contributed by atoms with E-state index >= 15 is 0 Å². The Bertz CT molecular complexity index is 1040. The summed E-state index contributed by atoms with van der Waals surface area (Å²) in [5.41, 5.74) is 3.78. The average Bonchev–Trinajstić information content (AvgIpc) is 2.68. The molecule has 0 aliphatic heterocycles. The highest BCUT2D eigenvalue weighted by Gasteiger charge is 2.12. The number of ether oxygens (including phenoxy) is 1. The summed E-state index contributed by atoms with van der Waals surface area (Å²) in [6, 6.07) is 16.1. The van der Waals surface area contributed by atoms with Crippen molar-refractivity contribution in [3.05, 3.63) is 95.4 Å². The van der Waals surface area contributed by atoms with Crippen molar-refractivity contribution < 1.29 is 9.66 Å². The van der Waals surface area contributed by atoms with Gasteiger partial charge in [-0.2, -0.15) is 0 Å². The fraction of sp³-hybridized carbons (Fsp3) is 0.143. The molecule has 3 rings (SSSR count). The summed E-state index contributed by atoms with van der Waals surface area (Å²) in [7, 11) is 0. The Morgan fingerprint density at radius 3 is 2.48 bits per heavy atom. The van der Waals surface area contributed by atoms with Crippen LogP contribution in [0.1, 0.15) is 16.7 Å². The van der Waals surface area contributed by atoms with Gasteiger partial charge in [0.25, 0.3) is 5.69 Å². The fourth-order valence-electron chi connectivity index (χ4n) is 2.68. The molecule has 0 spiro atoms. The first-order valence-corrected chi connectivity index (χ1v) is 10.6. The molecule has 0 unspecified atom stereocenters. The SMILES string of the molecule is Cc1ccc(NCc2cc(Br)cc(Br)c2OCc2ccc([N+](=O)[O-])cc2)cc1Cl. The highest BCUT2D eigenvalue weighted by molar-refractivity contribution is 9.11. The molecule has 0 fully saturated rings. The lowest BCUT2D eigenvalue weighted by molar-refractivity contribution is -0.384. The van der Waals surface area contributed by atoms with Gasteiger partial charge in [0.05, 0.1) is 9.40 Å². The highest BCUT2D eigenvalue weighted by Crippen LogP contribution is 2.34. The van der Waals surface area contributed by atoms with Crippen molar-refractivity contribution in [2.45, 2.75) is 20.1 Å². The smallest absolute Gasteiger partial charge is 0.269 e. The van der Waals surface area contributed by atoms with Crippen LogP contribution in [-0.4, -0.2) is 4.92 Å². The third-order valence-corrected chi connectivity index (χ3v) is 5.72. The van der Waals surface area contributed by atoms with Gasteiger partial charge >= 0.3 is 0 Å². The van der Waals surface area contributed by atoms with Gasteiger partial charge in [-0.05, 0) is 70.4 Å². The fourth-order valence-corrected chi connectivity index (χ4v) is 4.28. The number of nitrogens with one attached hydrogen (secondary N) is 1. The minimum atomic E-state index is -0.420. The molecule has 0 amide bonds. The van der Waals surface area contributed by atoms with Gasteiger partial charge in [0.2, 0.25) is 0 Å². The zero-order valence-corrected chi connectivity index (χ0v) is 19.3. The molecule has 0 aromatic heterocycles. The largest absolute Gasteiger partial charge is 0.487 e. The normalized spacial score (nSPS) is 10.6. The minimum Gasteiger partial charge on any atom is -0.487 e. The number of anilines is 1. The van der Waals surface area contributed by atoms with Crippen molar-refractivity contribution in [3.63, 3.8) is 0 Å². The highest BCUT2D eigenvalue weighted by atomic mass is 79.9. The summed E-state index contributed by atoms with van der Waals surface area (Å²) in [6.45, 7) is 2.79. The number of rotatable bonds is 7.